The van der Waals surface area contributed by atoms with E-state index < -0.39 is 11.7 Å². The van der Waals surface area contributed by atoms with Crippen LogP contribution < -0.4 is 5.32 Å². The summed E-state index contributed by atoms with van der Waals surface area (Å²) < 4.78 is 17.4. The molecule has 9 heteroatoms. The van der Waals surface area contributed by atoms with Crippen LogP contribution >= 0.6 is 11.3 Å². The first-order valence-corrected chi connectivity index (χ1v) is 8.53. The highest BCUT2D eigenvalue weighted by atomic mass is 32.1. The molecule has 1 aromatic carbocycles. The van der Waals surface area contributed by atoms with Crippen molar-refractivity contribution >= 4 is 22.4 Å². The molecule has 4 rings (SSSR count). The zero-order chi connectivity index (χ0) is 18.1. The van der Waals surface area contributed by atoms with Gasteiger partial charge in [0.1, 0.15) is 22.1 Å². The number of hydrogen-bond donors (Lipinski definition) is 1. The van der Waals surface area contributed by atoms with E-state index in [4.69, 9.17) is 0 Å². The predicted molar refractivity (Wildman–Crippen MR) is 95.4 cm³/mol. The Bertz CT molecular complexity index is 1070. The highest BCUT2D eigenvalue weighted by Gasteiger charge is 2.22. The molecular weight excluding hydrogens is 355 g/mol. The van der Waals surface area contributed by atoms with Crippen LogP contribution in [0.5, 0.6) is 0 Å². The smallest absolute Gasteiger partial charge is 0.262 e. The lowest BCUT2D eigenvalue weighted by atomic mass is 10.2. The van der Waals surface area contributed by atoms with Gasteiger partial charge in [-0.05, 0) is 31.2 Å². The van der Waals surface area contributed by atoms with E-state index >= 15 is 0 Å². The third-order valence-corrected chi connectivity index (χ3v) is 4.42. The number of hydrogen-bond acceptors (Lipinski definition) is 5. The zero-order valence-corrected chi connectivity index (χ0v) is 14.4. The number of carbonyl (C=O) groups is 1. The summed E-state index contributed by atoms with van der Waals surface area (Å²) >= 11 is 1.27. The minimum Gasteiger partial charge on any atom is -0.308 e. The van der Waals surface area contributed by atoms with Crippen LogP contribution in [-0.2, 0) is 0 Å². The predicted octanol–water partition coefficient (Wildman–Crippen LogP) is 3.21. The molecular formula is C17H13FN6OS. The van der Waals surface area contributed by atoms with Crippen LogP contribution in [0.3, 0.4) is 0 Å². The lowest BCUT2D eigenvalue weighted by molar-refractivity contribution is 0.102. The molecule has 0 aliphatic rings. The Balaban J connectivity index is 1.81. The topological polar surface area (TPSA) is 77.6 Å². The van der Waals surface area contributed by atoms with E-state index in [-0.39, 0.29) is 11.3 Å². The molecule has 0 unspecified atom stereocenters. The van der Waals surface area contributed by atoms with Crippen LogP contribution in [0.2, 0.25) is 0 Å². The molecule has 0 bridgehead atoms. The van der Waals surface area contributed by atoms with Crippen molar-refractivity contribution < 1.29 is 9.18 Å². The van der Waals surface area contributed by atoms with Gasteiger partial charge in [0.2, 0.25) is 5.13 Å². The average molecular weight is 368 g/mol. The molecule has 0 aliphatic heterocycles. The van der Waals surface area contributed by atoms with Crippen LogP contribution in [0.1, 0.15) is 15.4 Å². The van der Waals surface area contributed by atoms with Gasteiger partial charge >= 0.3 is 0 Å². The number of para-hydroxylation sites is 1. The molecule has 3 aromatic heterocycles. The van der Waals surface area contributed by atoms with Gasteiger partial charge < -0.3 is 4.57 Å². The molecule has 1 amide bonds. The van der Waals surface area contributed by atoms with E-state index in [1.165, 1.54) is 28.3 Å². The third kappa shape index (κ3) is 2.88. The minimum atomic E-state index is -0.435. The highest BCUT2D eigenvalue weighted by molar-refractivity contribution is 7.15. The summed E-state index contributed by atoms with van der Waals surface area (Å²) in [6, 6.07) is 9.89. The van der Waals surface area contributed by atoms with Crippen LogP contribution in [0.15, 0.2) is 55.0 Å². The summed E-state index contributed by atoms with van der Waals surface area (Å²) in [6.07, 6.45) is 4.94. The van der Waals surface area contributed by atoms with Crippen LogP contribution in [0.25, 0.3) is 11.5 Å². The lowest BCUT2D eigenvalue weighted by Gasteiger charge is -2.11. The first kappa shape index (κ1) is 16.2. The van der Waals surface area contributed by atoms with Gasteiger partial charge in [0, 0.05) is 12.4 Å². The molecule has 0 spiro atoms. The second-order valence-electron chi connectivity index (χ2n) is 5.42. The van der Waals surface area contributed by atoms with Crippen molar-refractivity contribution in [1.29, 1.82) is 0 Å². The van der Waals surface area contributed by atoms with E-state index in [0.717, 1.165) is 5.01 Å². The van der Waals surface area contributed by atoms with E-state index in [1.54, 1.807) is 42.1 Å². The maximum atomic E-state index is 14.3. The second-order valence-corrected chi connectivity index (χ2v) is 6.60. The molecule has 26 heavy (non-hydrogen) atoms. The number of nitrogens with zero attached hydrogens (tertiary/aromatic N) is 5. The summed E-state index contributed by atoms with van der Waals surface area (Å²) in [7, 11) is 0. The standard InChI is InChI=1S/C17H13FN6OS/c1-11-21-22-17(26-11)20-15(25)12-10-19-24(14-7-3-2-6-13(14)18)16(12)23-8-4-5-9-23/h2-10H,1H3,(H,20,22,25). The van der Waals surface area contributed by atoms with Gasteiger partial charge in [-0.25, -0.2) is 9.07 Å². The van der Waals surface area contributed by atoms with Gasteiger partial charge in [0.15, 0.2) is 5.82 Å². The first-order chi connectivity index (χ1) is 12.6. The number of benzene rings is 1. The molecule has 0 saturated carbocycles. The van der Waals surface area contributed by atoms with Crippen molar-refractivity contribution in [3.8, 4) is 11.5 Å². The maximum absolute atomic E-state index is 14.3. The van der Waals surface area contributed by atoms with Gasteiger partial charge in [-0.3, -0.25) is 10.1 Å². The van der Waals surface area contributed by atoms with Crippen LogP contribution in [0, 0.1) is 12.7 Å². The molecule has 1 N–H and O–H groups in total. The number of amides is 1. The molecule has 7 nitrogen and oxygen atoms in total. The number of nitrogens with one attached hydrogen (secondary N) is 1. The summed E-state index contributed by atoms with van der Waals surface area (Å²) in [5.74, 6) is -0.401. The van der Waals surface area contributed by atoms with Crippen molar-refractivity contribution in [2.24, 2.45) is 0 Å². The number of rotatable bonds is 4. The molecule has 0 radical (unpaired) electrons. The van der Waals surface area contributed by atoms with E-state index in [1.807, 2.05) is 12.1 Å². The van der Waals surface area contributed by atoms with Gasteiger partial charge in [0.25, 0.3) is 5.91 Å². The van der Waals surface area contributed by atoms with Crippen LogP contribution in [-0.4, -0.2) is 30.5 Å². The monoisotopic (exact) mass is 368 g/mol. The minimum absolute atomic E-state index is 0.252. The number of carbonyl (C=O) groups excluding carboxylic acids is 1. The van der Waals surface area contributed by atoms with Gasteiger partial charge in [-0.15, -0.1) is 10.2 Å². The fraction of sp³-hybridized carbons (Fsp3) is 0.0588. The number of anilines is 1. The van der Waals surface area contributed by atoms with Gasteiger partial charge in [-0.2, -0.15) is 5.10 Å². The lowest BCUT2D eigenvalue weighted by Crippen LogP contribution is -2.15. The van der Waals surface area contributed by atoms with Crippen molar-refractivity contribution in [1.82, 2.24) is 24.5 Å². The van der Waals surface area contributed by atoms with Crippen LogP contribution in [0.4, 0.5) is 9.52 Å². The Hall–Kier alpha value is -3.33. The molecule has 0 saturated heterocycles. The maximum Gasteiger partial charge on any atom is 0.262 e. The third-order valence-electron chi connectivity index (χ3n) is 3.66. The Morgan fingerprint density at radius 3 is 2.62 bits per heavy atom. The molecule has 0 aliphatic carbocycles. The number of halogens is 1. The Morgan fingerprint density at radius 2 is 1.92 bits per heavy atom. The molecule has 3 heterocycles. The highest BCUT2D eigenvalue weighted by Crippen LogP contribution is 2.23. The second kappa shape index (κ2) is 6.52. The van der Waals surface area contributed by atoms with E-state index in [9.17, 15) is 9.18 Å². The normalized spacial score (nSPS) is 10.8. The van der Waals surface area contributed by atoms with Crippen molar-refractivity contribution in [3.63, 3.8) is 0 Å². The Kier molecular flexibility index (Phi) is 4.05. The first-order valence-electron chi connectivity index (χ1n) is 7.71. The molecule has 0 atom stereocenters. The summed E-state index contributed by atoms with van der Waals surface area (Å²) in [5, 5.41) is 15.9. The quantitative estimate of drug-likeness (QED) is 0.600. The van der Waals surface area contributed by atoms with Crippen molar-refractivity contribution in [3.05, 3.63) is 71.4 Å². The Morgan fingerprint density at radius 1 is 1.15 bits per heavy atom. The molecule has 130 valence electrons. The van der Waals surface area contributed by atoms with E-state index in [2.05, 4.69) is 20.6 Å². The largest absolute Gasteiger partial charge is 0.308 e. The average Bonchev–Trinajstić information content (AvgIpc) is 3.35. The van der Waals surface area contributed by atoms with Gasteiger partial charge in [0.05, 0.1) is 6.20 Å². The van der Waals surface area contributed by atoms with E-state index in [0.29, 0.717) is 10.9 Å². The summed E-state index contributed by atoms with van der Waals surface area (Å²) in [4.78, 5) is 12.7. The fourth-order valence-corrected chi connectivity index (χ4v) is 3.12. The number of aryl methyl sites for hydroxylation is 1. The summed E-state index contributed by atoms with van der Waals surface area (Å²) in [5.41, 5.74) is 0.541. The SMILES string of the molecule is Cc1nnc(NC(=O)c2cnn(-c3ccccc3F)c2-n2cccc2)s1. The fourth-order valence-electron chi connectivity index (χ4n) is 2.54. The number of aromatic nitrogens is 5. The van der Waals surface area contributed by atoms with Gasteiger partial charge in [-0.1, -0.05) is 23.5 Å². The molecule has 4 aromatic rings. The zero-order valence-electron chi connectivity index (χ0n) is 13.6. The van der Waals surface area contributed by atoms with Crippen molar-refractivity contribution in [2.45, 2.75) is 6.92 Å². The summed E-state index contributed by atoms with van der Waals surface area (Å²) in [6.45, 7) is 1.80. The molecule has 0 fully saturated rings. The van der Waals surface area contributed by atoms with Crippen molar-refractivity contribution in [2.75, 3.05) is 5.32 Å². The Labute approximate surface area is 151 Å².